The molecule has 68 valence electrons. The van der Waals surface area contributed by atoms with E-state index in [9.17, 15) is 0 Å². The standard InChI is InChI=1S/C9H17N3/c1-3-4-5-7(2)8-6-9(10)12-11-8/h6-7H,3-5H2,1-2H3,(H3,10,11,12). The fraction of sp³-hybridized carbons (Fsp3) is 0.667. The summed E-state index contributed by atoms with van der Waals surface area (Å²) in [5.41, 5.74) is 6.66. The molecule has 0 aromatic carbocycles. The van der Waals surface area contributed by atoms with E-state index in [-0.39, 0.29) is 0 Å². The van der Waals surface area contributed by atoms with Gasteiger partial charge >= 0.3 is 0 Å². The van der Waals surface area contributed by atoms with Crippen molar-refractivity contribution in [2.24, 2.45) is 0 Å². The van der Waals surface area contributed by atoms with Gasteiger partial charge in [0.05, 0.1) is 0 Å². The van der Waals surface area contributed by atoms with E-state index in [4.69, 9.17) is 5.73 Å². The van der Waals surface area contributed by atoms with Crippen LogP contribution >= 0.6 is 0 Å². The van der Waals surface area contributed by atoms with Gasteiger partial charge in [-0.2, -0.15) is 5.10 Å². The van der Waals surface area contributed by atoms with Gasteiger partial charge < -0.3 is 5.73 Å². The molecule has 0 amide bonds. The first-order valence-corrected chi connectivity index (χ1v) is 4.54. The monoisotopic (exact) mass is 167 g/mol. The molecule has 0 aliphatic rings. The van der Waals surface area contributed by atoms with Gasteiger partial charge in [-0.3, -0.25) is 5.10 Å². The second-order valence-corrected chi connectivity index (χ2v) is 3.29. The second-order valence-electron chi connectivity index (χ2n) is 3.29. The molecular formula is C9H17N3. The molecule has 0 fully saturated rings. The molecule has 0 radical (unpaired) electrons. The molecule has 3 N–H and O–H groups in total. The maximum atomic E-state index is 5.50. The minimum absolute atomic E-state index is 0.551. The summed E-state index contributed by atoms with van der Waals surface area (Å²) in [4.78, 5) is 0. The molecule has 12 heavy (non-hydrogen) atoms. The number of nitrogen functional groups attached to an aromatic ring is 1. The van der Waals surface area contributed by atoms with Crippen LogP contribution in [0, 0.1) is 0 Å². The molecule has 0 aliphatic heterocycles. The summed E-state index contributed by atoms with van der Waals surface area (Å²) < 4.78 is 0. The van der Waals surface area contributed by atoms with Gasteiger partial charge in [0.15, 0.2) is 0 Å². The third kappa shape index (κ3) is 2.26. The van der Waals surface area contributed by atoms with Crippen LogP contribution in [-0.2, 0) is 0 Å². The van der Waals surface area contributed by atoms with Crippen molar-refractivity contribution in [2.75, 3.05) is 5.73 Å². The highest BCUT2D eigenvalue weighted by Gasteiger charge is 2.06. The van der Waals surface area contributed by atoms with Crippen LogP contribution in [-0.4, -0.2) is 10.2 Å². The predicted octanol–water partition coefficient (Wildman–Crippen LogP) is 2.29. The molecule has 1 heterocycles. The van der Waals surface area contributed by atoms with Crippen molar-refractivity contribution in [1.82, 2.24) is 10.2 Å². The lowest BCUT2D eigenvalue weighted by molar-refractivity contribution is 0.610. The maximum absolute atomic E-state index is 5.50. The van der Waals surface area contributed by atoms with Crippen LogP contribution in [0.25, 0.3) is 0 Å². The fourth-order valence-corrected chi connectivity index (χ4v) is 1.27. The Morgan fingerprint density at radius 2 is 2.42 bits per heavy atom. The number of nitrogens with two attached hydrogens (primary N) is 1. The van der Waals surface area contributed by atoms with Gasteiger partial charge in [-0.15, -0.1) is 0 Å². The summed E-state index contributed by atoms with van der Waals surface area (Å²) >= 11 is 0. The van der Waals surface area contributed by atoms with Gasteiger partial charge in [0.1, 0.15) is 5.82 Å². The zero-order valence-corrected chi connectivity index (χ0v) is 7.80. The van der Waals surface area contributed by atoms with E-state index in [1.807, 2.05) is 6.07 Å². The fourth-order valence-electron chi connectivity index (χ4n) is 1.27. The number of aromatic nitrogens is 2. The zero-order valence-electron chi connectivity index (χ0n) is 7.80. The molecule has 3 nitrogen and oxygen atoms in total. The Balaban J connectivity index is 2.47. The van der Waals surface area contributed by atoms with Gasteiger partial charge in [0.25, 0.3) is 0 Å². The van der Waals surface area contributed by atoms with E-state index in [0.717, 1.165) is 5.69 Å². The molecule has 1 atom stereocenters. The summed E-state index contributed by atoms with van der Waals surface area (Å²) in [5, 5.41) is 6.84. The third-order valence-electron chi connectivity index (χ3n) is 2.14. The van der Waals surface area contributed by atoms with Crippen molar-refractivity contribution in [3.05, 3.63) is 11.8 Å². The van der Waals surface area contributed by atoms with Gasteiger partial charge in [-0.25, -0.2) is 0 Å². The van der Waals surface area contributed by atoms with Crippen LogP contribution in [0.2, 0.25) is 0 Å². The van der Waals surface area contributed by atoms with Crippen molar-refractivity contribution < 1.29 is 0 Å². The van der Waals surface area contributed by atoms with Crippen molar-refractivity contribution >= 4 is 5.82 Å². The molecule has 1 rings (SSSR count). The highest BCUT2D eigenvalue weighted by atomic mass is 15.2. The summed E-state index contributed by atoms with van der Waals surface area (Å²) in [6.07, 6.45) is 3.71. The minimum atomic E-state index is 0.551. The summed E-state index contributed by atoms with van der Waals surface area (Å²) in [7, 11) is 0. The number of hydrogen-bond acceptors (Lipinski definition) is 2. The van der Waals surface area contributed by atoms with Crippen LogP contribution in [0.3, 0.4) is 0 Å². The maximum Gasteiger partial charge on any atom is 0.145 e. The summed E-state index contributed by atoms with van der Waals surface area (Å²) in [6.45, 7) is 4.40. The molecule has 1 unspecified atom stereocenters. The number of nitrogens with one attached hydrogen (secondary N) is 1. The van der Waals surface area contributed by atoms with E-state index in [0.29, 0.717) is 11.7 Å². The molecular weight excluding hydrogens is 150 g/mol. The molecule has 0 bridgehead atoms. The SMILES string of the molecule is CCCCC(C)c1cc(N)n[nH]1. The Morgan fingerprint density at radius 3 is 2.92 bits per heavy atom. The highest BCUT2D eigenvalue weighted by Crippen LogP contribution is 2.20. The van der Waals surface area contributed by atoms with Gasteiger partial charge in [0, 0.05) is 11.8 Å². The van der Waals surface area contributed by atoms with Crippen molar-refractivity contribution in [2.45, 2.75) is 39.0 Å². The lowest BCUT2D eigenvalue weighted by atomic mass is 10.0. The van der Waals surface area contributed by atoms with Crippen LogP contribution < -0.4 is 5.73 Å². The first kappa shape index (κ1) is 9.10. The number of anilines is 1. The Labute approximate surface area is 73.4 Å². The first-order valence-electron chi connectivity index (χ1n) is 4.54. The Kier molecular flexibility index (Phi) is 3.14. The van der Waals surface area contributed by atoms with Gasteiger partial charge in [-0.05, 0) is 12.3 Å². The lowest BCUT2D eigenvalue weighted by Gasteiger charge is -2.06. The predicted molar refractivity (Wildman–Crippen MR) is 50.9 cm³/mol. The van der Waals surface area contributed by atoms with E-state index in [2.05, 4.69) is 24.0 Å². The molecule has 0 saturated heterocycles. The van der Waals surface area contributed by atoms with Crippen molar-refractivity contribution in [3.63, 3.8) is 0 Å². The minimum Gasteiger partial charge on any atom is -0.382 e. The number of nitrogens with zero attached hydrogens (tertiary/aromatic N) is 1. The number of aromatic amines is 1. The van der Waals surface area contributed by atoms with Crippen LogP contribution in [0.1, 0.15) is 44.7 Å². The van der Waals surface area contributed by atoms with E-state index >= 15 is 0 Å². The largest absolute Gasteiger partial charge is 0.382 e. The zero-order chi connectivity index (χ0) is 8.97. The number of rotatable bonds is 4. The van der Waals surface area contributed by atoms with Crippen molar-refractivity contribution in [1.29, 1.82) is 0 Å². The molecule has 1 aromatic heterocycles. The number of unbranched alkanes of at least 4 members (excludes halogenated alkanes) is 1. The smallest absolute Gasteiger partial charge is 0.145 e. The van der Waals surface area contributed by atoms with Crippen molar-refractivity contribution in [3.8, 4) is 0 Å². The lowest BCUT2D eigenvalue weighted by Crippen LogP contribution is -1.93. The van der Waals surface area contributed by atoms with Gasteiger partial charge in [0.2, 0.25) is 0 Å². The summed E-state index contributed by atoms with van der Waals surface area (Å²) in [5.74, 6) is 1.14. The Morgan fingerprint density at radius 1 is 1.67 bits per heavy atom. The Bertz CT molecular complexity index is 229. The quantitative estimate of drug-likeness (QED) is 0.722. The molecule has 0 aliphatic carbocycles. The third-order valence-corrected chi connectivity index (χ3v) is 2.14. The number of H-pyrrole nitrogens is 1. The van der Waals surface area contributed by atoms with Gasteiger partial charge in [-0.1, -0.05) is 26.7 Å². The molecule has 3 heteroatoms. The first-order chi connectivity index (χ1) is 5.74. The molecule has 0 spiro atoms. The van der Waals surface area contributed by atoms with E-state index < -0.39 is 0 Å². The number of hydrogen-bond donors (Lipinski definition) is 2. The second kappa shape index (κ2) is 4.14. The molecule has 1 aromatic rings. The van der Waals surface area contributed by atoms with E-state index in [1.54, 1.807) is 0 Å². The van der Waals surface area contributed by atoms with E-state index in [1.165, 1.54) is 19.3 Å². The summed E-state index contributed by atoms with van der Waals surface area (Å²) in [6, 6.07) is 1.92. The normalized spacial score (nSPS) is 13.2. The van der Waals surface area contributed by atoms with Crippen LogP contribution in [0.5, 0.6) is 0 Å². The van der Waals surface area contributed by atoms with Crippen LogP contribution in [0.15, 0.2) is 6.07 Å². The Hall–Kier alpha value is -0.990. The highest BCUT2D eigenvalue weighted by molar-refractivity contribution is 5.29. The van der Waals surface area contributed by atoms with Crippen LogP contribution in [0.4, 0.5) is 5.82 Å². The topological polar surface area (TPSA) is 54.7 Å². The molecule has 0 saturated carbocycles. The average Bonchev–Trinajstić information content (AvgIpc) is 2.47. The average molecular weight is 167 g/mol.